The number of carbonyl (C=O) groups is 2. The van der Waals surface area contributed by atoms with Crippen LogP contribution in [0.5, 0.6) is 0 Å². The van der Waals surface area contributed by atoms with Crippen LogP contribution in [-0.4, -0.2) is 61.8 Å². The maximum absolute atomic E-state index is 14.0. The minimum absolute atomic E-state index is 0.0577. The van der Waals surface area contributed by atoms with Gasteiger partial charge >= 0.3 is 6.09 Å². The second-order valence-corrected chi connectivity index (χ2v) is 10.1. The second kappa shape index (κ2) is 10.9. The summed E-state index contributed by atoms with van der Waals surface area (Å²) in [5.41, 5.74) is 0.806. The summed E-state index contributed by atoms with van der Waals surface area (Å²) in [6, 6.07) is 10.5. The van der Waals surface area contributed by atoms with E-state index in [-0.39, 0.29) is 44.6 Å². The Labute approximate surface area is 197 Å². The second-order valence-electron chi connectivity index (χ2n) is 8.23. The molecule has 1 fully saturated rings. The molecule has 1 saturated heterocycles. The van der Waals surface area contributed by atoms with Crippen LogP contribution >= 0.6 is 0 Å². The lowest BCUT2D eigenvalue weighted by atomic mass is 10.0. The van der Waals surface area contributed by atoms with Gasteiger partial charge in [-0.15, -0.1) is 0 Å². The van der Waals surface area contributed by atoms with E-state index < -0.39 is 38.7 Å². The van der Waals surface area contributed by atoms with E-state index in [4.69, 9.17) is 4.74 Å². The predicted molar refractivity (Wildman–Crippen MR) is 120 cm³/mol. The molecule has 2 aromatic carbocycles. The summed E-state index contributed by atoms with van der Waals surface area (Å²) in [6.07, 6.45) is -0.732. The summed E-state index contributed by atoms with van der Waals surface area (Å²) in [7, 11) is -4.18. The lowest BCUT2D eigenvalue weighted by Crippen LogP contribution is -2.57. The molecular formula is C23H27F2N3O5S. The van der Waals surface area contributed by atoms with E-state index in [0.717, 1.165) is 22.0 Å². The summed E-state index contributed by atoms with van der Waals surface area (Å²) in [4.78, 5) is 26.2. The molecule has 184 valence electrons. The number of amides is 2. The molecule has 2 aromatic rings. The number of rotatable bonds is 7. The number of carbonyl (C=O) groups excluding carboxylic acids is 2. The van der Waals surface area contributed by atoms with Crippen LogP contribution in [0.3, 0.4) is 0 Å². The molecule has 0 spiro atoms. The Morgan fingerprint density at radius 3 is 2.26 bits per heavy atom. The van der Waals surface area contributed by atoms with Crippen LogP contribution in [-0.2, 0) is 26.2 Å². The third-order valence-corrected chi connectivity index (χ3v) is 7.41. The smallest absolute Gasteiger partial charge is 0.408 e. The van der Waals surface area contributed by atoms with Crippen molar-refractivity contribution in [3.63, 3.8) is 0 Å². The molecule has 1 heterocycles. The monoisotopic (exact) mass is 495 g/mol. The largest absolute Gasteiger partial charge is 0.445 e. The standard InChI is InChI=1S/C23H27F2N3O5S/c1-16(2)21(26-23(30)33-15-17-6-4-3-5-7-17)22(29)27-10-12-28(13-11-27)34(31,32)20-9-8-18(24)14-19(20)25/h3-9,14,16,21H,10-13,15H2,1-2H3,(H,26,30)/t21-/m0/s1. The number of nitrogens with zero attached hydrogens (tertiary/aromatic N) is 2. The van der Waals surface area contributed by atoms with Crippen LogP contribution < -0.4 is 5.32 Å². The number of ether oxygens (including phenoxy) is 1. The molecule has 2 amide bonds. The average Bonchev–Trinajstić information content (AvgIpc) is 2.81. The van der Waals surface area contributed by atoms with E-state index in [1.165, 1.54) is 4.90 Å². The van der Waals surface area contributed by atoms with Crippen molar-refractivity contribution in [2.75, 3.05) is 26.2 Å². The van der Waals surface area contributed by atoms with Crippen molar-refractivity contribution >= 4 is 22.0 Å². The average molecular weight is 496 g/mol. The molecule has 1 aliphatic heterocycles. The summed E-state index contributed by atoms with van der Waals surface area (Å²) >= 11 is 0. The Kier molecular flexibility index (Phi) is 8.21. The SMILES string of the molecule is CC(C)[C@H](NC(=O)OCc1ccccc1)C(=O)N1CCN(S(=O)(=O)c2ccc(F)cc2F)CC1. The third-order valence-electron chi connectivity index (χ3n) is 5.48. The topological polar surface area (TPSA) is 96.0 Å². The molecule has 11 heteroatoms. The van der Waals surface area contributed by atoms with Gasteiger partial charge in [0.25, 0.3) is 0 Å². The van der Waals surface area contributed by atoms with Gasteiger partial charge in [-0.2, -0.15) is 4.31 Å². The highest BCUT2D eigenvalue weighted by Gasteiger charge is 2.35. The van der Waals surface area contributed by atoms with Gasteiger partial charge in [-0.1, -0.05) is 44.2 Å². The Balaban J connectivity index is 1.59. The quantitative estimate of drug-likeness (QED) is 0.637. The van der Waals surface area contributed by atoms with Crippen LogP contribution in [0.2, 0.25) is 0 Å². The Morgan fingerprint density at radius 2 is 1.68 bits per heavy atom. The predicted octanol–water partition coefficient (Wildman–Crippen LogP) is 2.75. The van der Waals surface area contributed by atoms with Crippen molar-refractivity contribution in [2.24, 2.45) is 5.92 Å². The zero-order valence-electron chi connectivity index (χ0n) is 18.9. The van der Waals surface area contributed by atoms with Gasteiger partial charge in [0.1, 0.15) is 29.2 Å². The highest BCUT2D eigenvalue weighted by molar-refractivity contribution is 7.89. The maximum Gasteiger partial charge on any atom is 0.408 e. The van der Waals surface area contributed by atoms with E-state index in [0.29, 0.717) is 6.07 Å². The first-order valence-corrected chi connectivity index (χ1v) is 12.2. The fraction of sp³-hybridized carbons (Fsp3) is 0.391. The zero-order valence-corrected chi connectivity index (χ0v) is 19.7. The molecule has 1 atom stereocenters. The van der Waals surface area contributed by atoms with Crippen LogP contribution in [0.25, 0.3) is 0 Å². The van der Waals surface area contributed by atoms with Crippen molar-refractivity contribution in [3.05, 3.63) is 65.7 Å². The number of nitrogens with one attached hydrogen (secondary N) is 1. The van der Waals surface area contributed by atoms with E-state index in [9.17, 15) is 26.8 Å². The molecule has 0 bridgehead atoms. The van der Waals surface area contributed by atoms with Gasteiger partial charge in [0, 0.05) is 32.2 Å². The van der Waals surface area contributed by atoms with Crippen molar-refractivity contribution in [2.45, 2.75) is 31.4 Å². The first-order chi connectivity index (χ1) is 16.1. The van der Waals surface area contributed by atoms with Crippen LogP contribution in [0, 0.1) is 17.6 Å². The molecule has 34 heavy (non-hydrogen) atoms. The van der Waals surface area contributed by atoms with E-state index in [1.54, 1.807) is 13.8 Å². The molecular weight excluding hydrogens is 468 g/mol. The van der Waals surface area contributed by atoms with Crippen LogP contribution in [0.4, 0.5) is 13.6 Å². The van der Waals surface area contributed by atoms with Gasteiger partial charge in [0.2, 0.25) is 15.9 Å². The van der Waals surface area contributed by atoms with E-state index >= 15 is 0 Å². The Bertz CT molecular complexity index is 1120. The number of alkyl carbamates (subject to hydrolysis) is 1. The normalized spacial score (nSPS) is 15.7. The summed E-state index contributed by atoms with van der Waals surface area (Å²) in [5.74, 6) is -2.65. The minimum atomic E-state index is -4.18. The summed E-state index contributed by atoms with van der Waals surface area (Å²) in [6.45, 7) is 3.61. The fourth-order valence-corrected chi connectivity index (χ4v) is 5.04. The highest BCUT2D eigenvalue weighted by Crippen LogP contribution is 2.22. The number of hydrogen-bond donors (Lipinski definition) is 1. The first kappa shape index (κ1) is 25.6. The van der Waals surface area contributed by atoms with E-state index in [2.05, 4.69) is 5.32 Å². The summed E-state index contributed by atoms with van der Waals surface area (Å²) in [5, 5.41) is 2.59. The maximum atomic E-state index is 14.0. The van der Waals surface area contributed by atoms with Gasteiger partial charge in [0.05, 0.1) is 0 Å². The number of piperazine rings is 1. The molecule has 3 rings (SSSR count). The number of halogens is 2. The molecule has 0 unspecified atom stereocenters. The minimum Gasteiger partial charge on any atom is -0.445 e. The summed E-state index contributed by atoms with van der Waals surface area (Å²) < 4.78 is 59.0. The van der Waals surface area contributed by atoms with Gasteiger partial charge < -0.3 is 15.0 Å². The molecule has 0 aromatic heterocycles. The van der Waals surface area contributed by atoms with Crippen LogP contribution in [0.15, 0.2) is 53.4 Å². The molecule has 8 nitrogen and oxygen atoms in total. The van der Waals surface area contributed by atoms with Gasteiger partial charge in [-0.05, 0) is 23.6 Å². The van der Waals surface area contributed by atoms with Gasteiger partial charge in [-0.3, -0.25) is 4.79 Å². The highest BCUT2D eigenvalue weighted by atomic mass is 32.2. The molecule has 1 aliphatic rings. The van der Waals surface area contributed by atoms with Crippen LogP contribution in [0.1, 0.15) is 19.4 Å². The number of sulfonamides is 1. The molecule has 1 N–H and O–H groups in total. The third kappa shape index (κ3) is 6.09. The van der Waals surface area contributed by atoms with Crippen molar-refractivity contribution in [1.82, 2.24) is 14.5 Å². The molecule has 0 saturated carbocycles. The Morgan fingerprint density at radius 1 is 1.03 bits per heavy atom. The number of benzene rings is 2. The van der Waals surface area contributed by atoms with Crippen molar-refractivity contribution in [1.29, 1.82) is 0 Å². The molecule has 0 aliphatic carbocycles. The lowest BCUT2D eigenvalue weighted by Gasteiger charge is -2.36. The van der Waals surface area contributed by atoms with Gasteiger partial charge in [0.15, 0.2) is 0 Å². The number of hydrogen-bond acceptors (Lipinski definition) is 5. The van der Waals surface area contributed by atoms with Crippen molar-refractivity contribution < 1.29 is 31.5 Å². The Hall–Kier alpha value is -3.05. The fourth-order valence-electron chi connectivity index (χ4n) is 3.57. The molecule has 0 radical (unpaired) electrons. The zero-order chi connectivity index (χ0) is 24.9. The first-order valence-electron chi connectivity index (χ1n) is 10.8. The lowest BCUT2D eigenvalue weighted by molar-refractivity contribution is -0.135. The van der Waals surface area contributed by atoms with E-state index in [1.807, 2.05) is 30.3 Å². The van der Waals surface area contributed by atoms with Gasteiger partial charge in [-0.25, -0.2) is 22.0 Å². The van der Waals surface area contributed by atoms with Crippen molar-refractivity contribution in [3.8, 4) is 0 Å².